The van der Waals surface area contributed by atoms with E-state index >= 15 is 0 Å². The van der Waals surface area contributed by atoms with Crippen LogP contribution < -0.4 is 4.90 Å². The molecule has 2 heterocycles. The number of aromatic nitrogens is 2. The Morgan fingerprint density at radius 2 is 2.28 bits per heavy atom. The molecule has 0 spiro atoms. The minimum atomic E-state index is -0.973. The molecule has 0 amide bonds. The van der Waals surface area contributed by atoms with Gasteiger partial charge >= 0.3 is 5.97 Å². The molecule has 18 heavy (non-hydrogen) atoms. The first-order valence-corrected chi connectivity index (χ1v) is 6.02. The van der Waals surface area contributed by atoms with Gasteiger partial charge in [0.15, 0.2) is 5.82 Å². The molecule has 0 unspecified atom stereocenters. The quantitative estimate of drug-likeness (QED) is 0.861. The molecule has 1 aliphatic rings. The highest BCUT2D eigenvalue weighted by molar-refractivity contribution is 5.93. The lowest BCUT2D eigenvalue weighted by Crippen LogP contribution is -2.31. The fourth-order valence-corrected chi connectivity index (χ4v) is 2.18. The third-order valence-electron chi connectivity index (χ3n) is 3.17. The largest absolute Gasteiger partial charge is 0.478 e. The second kappa shape index (κ2) is 5.77. The summed E-state index contributed by atoms with van der Waals surface area (Å²) in [6.45, 7) is 2.35. The van der Waals surface area contributed by atoms with Gasteiger partial charge in [-0.3, -0.25) is 0 Å². The zero-order valence-electron chi connectivity index (χ0n) is 10.4. The van der Waals surface area contributed by atoms with E-state index in [2.05, 4.69) is 10.2 Å². The Labute approximate surface area is 106 Å². The summed E-state index contributed by atoms with van der Waals surface area (Å²) in [5.41, 5.74) is 0.194. The van der Waals surface area contributed by atoms with Crippen molar-refractivity contribution in [2.45, 2.75) is 12.8 Å². The van der Waals surface area contributed by atoms with E-state index in [1.165, 1.54) is 12.3 Å². The number of carboxylic acids is 1. The maximum Gasteiger partial charge on any atom is 0.339 e. The lowest BCUT2D eigenvalue weighted by molar-refractivity contribution is 0.0677. The topological polar surface area (TPSA) is 75.5 Å². The van der Waals surface area contributed by atoms with Crippen molar-refractivity contribution in [3.8, 4) is 0 Å². The van der Waals surface area contributed by atoms with Crippen LogP contribution in [0.1, 0.15) is 23.2 Å². The normalized spacial score (nSPS) is 16.5. The van der Waals surface area contributed by atoms with E-state index in [0.29, 0.717) is 11.7 Å². The van der Waals surface area contributed by atoms with E-state index < -0.39 is 5.97 Å². The highest BCUT2D eigenvalue weighted by atomic mass is 16.5. The minimum Gasteiger partial charge on any atom is -0.478 e. The molecular formula is C12H17N3O3. The average molecular weight is 251 g/mol. The smallest absolute Gasteiger partial charge is 0.339 e. The van der Waals surface area contributed by atoms with Crippen molar-refractivity contribution in [1.29, 1.82) is 0 Å². The fourth-order valence-electron chi connectivity index (χ4n) is 2.18. The summed E-state index contributed by atoms with van der Waals surface area (Å²) >= 11 is 0. The van der Waals surface area contributed by atoms with Crippen molar-refractivity contribution in [2.24, 2.45) is 5.92 Å². The fraction of sp³-hybridized carbons (Fsp3) is 0.583. The number of nitrogens with zero attached hydrogens (tertiary/aromatic N) is 3. The first-order chi connectivity index (χ1) is 8.68. The lowest BCUT2D eigenvalue weighted by atomic mass is 10.00. The Balaban J connectivity index is 2.08. The van der Waals surface area contributed by atoms with Crippen LogP contribution in [-0.2, 0) is 4.74 Å². The summed E-state index contributed by atoms with van der Waals surface area (Å²) in [5.74, 6) is -0.0254. The molecule has 98 valence electrons. The molecule has 1 aromatic rings. The maximum atomic E-state index is 11.1. The molecule has 1 saturated heterocycles. The van der Waals surface area contributed by atoms with Crippen LogP contribution in [0.4, 0.5) is 5.82 Å². The number of anilines is 1. The number of ether oxygens (including phenoxy) is 1. The number of hydrogen-bond acceptors (Lipinski definition) is 5. The second-order valence-electron chi connectivity index (χ2n) is 4.51. The molecule has 1 aliphatic heterocycles. The molecule has 1 fully saturated rings. The number of carboxylic acid groups (broad SMARTS) is 1. The SMILES string of the molecule is CN(CC1CCOCC1)c1nnccc1C(=O)O. The third-order valence-corrected chi connectivity index (χ3v) is 3.17. The van der Waals surface area contributed by atoms with Crippen LogP contribution in [0.15, 0.2) is 12.3 Å². The molecule has 6 nitrogen and oxygen atoms in total. The minimum absolute atomic E-state index is 0.194. The molecule has 6 heteroatoms. The van der Waals surface area contributed by atoms with Gasteiger partial charge < -0.3 is 14.7 Å². The summed E-state index contributed by atoms with van der Waals surface area (Å²) in [6, 6.07) is 1.48. The first-order valence-electron chi connectivity index (χ1n) is 6.02. The van der Waals surface area contributed by atoms with Gasteiger partial charge in [0.1, 0.15) is 5.56 Å². The predicted octanol–water partition coefficient (Wildman–Crippen LogP) is 1.04. The van der Waals surface area contributed by atoms with Crippen LogP contribution >= 0.6 is 0 Å². The van der Waals surface area contributed by atoms with E-state index in [9.17, 15) is 4.79 Å². The number of carbonyl (C=O) groups is 1. The molecular weight excluding hydrogens is 234 g/mol. The van der Waals surface area contributed by atoms with E-state index in [1.807, 2.05) is 11.9 Å². The van der Waals surface area contributed by atoms with Gasteiger partial charge in [0.05, 0.1) is 6.20 Å². The van der Waals surface area contributed by atoms with Crippen LogP contribution in [-0.4, -0.2) is 48.1 Å². The predicted molar refractivity (Wildman–Crippen MR) is 65.8 cm³/mol. The average Bonchev–Trinajstić information content (AvgIpc) is 2.40. The standard InChI is InChI=1S/C12H17N3O3/c1-15(8-9-3-6-18-7-4-9)11-10(12(16)17)2-5-13-14-11/h2,5,9H,3-4,6-8H2,1H3,(H,16,17). The molecule has 0 bridgehead atoms. The highest BCUT2D eigenvalue weighted by Crippen LogP contribution is 2.20. The van der Waals surface area contributed by atoms with E-state index in [4.69, 9.17) is 9.84 Å². The number of hydrogen-bond donors (Lipinski definition) is 1. The number of rotatable bonds is 4. The zero-order chi connectivity index (χ0) is 13.0. The highest BCUT2D eigenvalue weighted by Gasteiger charge is 2.20. The zero-order valence-corrected chi connectivity index (χ0v) is 10.4. The summed E-state index contributed by atoms with van der Waals surface area (Å²) < 4.78 is 5.31. The van der Waals surface area contributed by atoms with Crippen molar-refractivity contribution in [2.75, 3.05) is 31.7 Å². The van der Waals surface area contributed by atoms with Gasteiger partial charge in [-0.1, -0.05) is 0 Å². The second-order valence-corrected chi connectivity index (χ2v) is 4.51. The van der Waals surface area contributed by atoms with Crippen LogP contribution in [0.5, 0.6) is 0 Å². The van der Waals surface area contributed by atoms with Crippen LogP contribution in [0.3, 0.4) is 0 Å². The third kappa shape index (κ3) is 2.95. The van der Waals surface area contributed by atoms with Crippen LogP contribution in [0.25, 0.3) is 0 Å². The summed E-state index contributed by atoms with van der Waals surface area (Å²) in [7, 11) is 1.85. The Morgan fingerprint density at radius 3 is 2.94 bits per heavy atom. The van der Waals surface area contributed by atoms with Crippen molar-refractivity contribution in [3.05, 3.63) is 17.8 Å². The lowest BCUT2D eigenvalue weighted by Gasteiger charge is -2.28. The Hall–Kier alpha value is -1.69. The van der Waals surface area contributed by atoms with Gasteiger partial charge in [-0.15, -0.1) is 5.10 Å². The summed E-state index contributed by atoms with van der Waals surface area (Å²) in [5, 5.41) is 16.8. The molecule has 1 aromatic heterocycles. The Morgan fingerprint density at radius 1 is 1.56 bits per heavy atom. The monoisotopic (exact) mass is 251 g/mol. The Kier molecular flexibility index (Phi) is 4.09. The van der Waals surface area contributed by atoms with Gasteiger partial charge in [0, 0.05) is 26.8 Å². The molecule has 1 N–H and O–H groups in total. The van der Waals surface area contributed by atoms with Gasteiger partial charge in [0.25, 0.3) is 0 Å². The number of aromatic carboxylic acids is 1. The molecule has 0 saturated carbocycles. The van der Waals surface area contributed by atoms with E-state index in [-0.39, 0.29) is 5.56 Å². The van der Waals surface area contributed by atoms with Crippen molar-refractivity contribution < 1.29 is 14.6 Å². The summed E-state index contributed by atoms with van der Waals surface area (Å²) in [4.78, 5) is 13.0. The van der Waals surface area contributed by atoms with E-state index in [0.717, 1.165) is 32.6 Å². The van der Waals surface area contributed by atoms with Crippen molar-refractivity contribution >= 4 is 11.8 Å². The van der Waals surface area contributed by atoms with Gasteiger partial charge in [0.2, 0.25) is 0 Å². The summed E-state index contributed by atoms with van der Waals surface area (Å²) in [6.07, 6.45) is 3.41. The Bertz CT molecular complexity index is 419. The molecule has 0 aliphatic carbocycles. The first kappa shape index (κ1) is 12.8. The molecule has 0 radical (unpaired) electrons. The van der Waals surface area contributed by atoms with Crippen LogP contribution in [0, 0.1) is 5.92 Å². The van der Waals surface area contributed by atoms with Crippen LogP contribution in [0.2, 0.25) is 0 Å². The van der Waals surface area contributed by atoms with Gasteiger partial charge in [-0.2, -0.15) is 5.10 Å². The molecule has 0 atom stereocenters. The molecule has 2 rings (SSSR count). The van der Waals surface area contributed by atoms with Gasteiger partial charge in [-0.25, -0.2) is 4.79 Å². The van der Waals surface area contributed by atoms with Crippen molar-refractivity contribution in [1.82, 2.24) is 10.2 Å². The molecule has 0 aromatic carbocycles. The van der Waals surface area contributed by atoms with E-state index in [1.54, 1.807) is 0 Å². The van der Waals surface area contributed by atoms with Gasteiger partial charge in [-0.05, 0) is 24.8 Å². The van der Waals surface area contributed by atoms with Crippen molar-refractivity contribution in [3.63, 3.8) is 0 Å². The maximum absolute atomic E-state index is 11.1.